The summed E-state index contributed by atoms with van der Waals surface area (Å²) in [5, 5.41) is 3.21. The fourth-order valence-electron chi connectivity index (χ4n) is 1.51. The Morgan fingerprint density at radius 2 is 1.90 bits per heavy atom. The van der Waals surface area contributed by atoms with Crippen molar-refractivity contribution in [2.75, 3.05) is 18.1 Å². The van der Waals surface area contributed by atoms with E-state index in [2.05, 4.69) is 30.0 Å². The van der Waals surface area contributed by atoms with E-state index in [4.69, 9.17) is 4.74 Å². The first-order valence-corrected chi connectivity index (χ1v) is 10.6. The van der Waals surface area contributed by atoms with Gasteiger partial charge in [0.1, 0.15) is 12.3 Å². The quantitative estimate of drug-likeness (QED) is 0.379. The van der Waals surface area contributed by atoms with Gasteiger partial charge in [0, 0.05) is 11.9 Å². The molecule has 0 saturated heterocycles. The maximum absolute atomic E-state index is 11.6. The molecule has 0 aromatic heterocycles. The van der Waals surface area contributed by atoms with Crippen LogP contribution in [0.5, 0.6) is 0 Å². The Morgan fingerprint density at radius 1 is 1.25 bits per heavy atom. The van der Waals surface area contributed by atoms with Crippen molar-refractivity contribution in [3.8, 4) is 0 Å². The van der Waals surface area contributed by atoms with Gasteiger partial charge in [-0.3, -0.25) is 9.79 Å². The van der Waals surface area contributed by atoms with E-state index >= 15 is 0 Å². The first-order chi connectivity index (χ1) is 9.40. The maximum atomic E-state index is 11.6. The van der Waals surface area contributed by atoms with Crippen LogP contribution < -0.4 is 5.32 Å². The number of hydrogen-bond donors (Lipinski definition) is 1. The number of carbonyl (C=O) groups is 1. The molecule has 4 nitrogen and oxygen atoms in total. The molecule has 0 radical (unpaired) electrons. The lowest BCUT2D eigenvalue weighted by atomic mass is 10.3. The maximum Gasteiger partial charge on any atom is 0.313 e. The monoisotopic (exact) mass is 292 g/mol. The molecule has 1 aromatic carbocycles. The summed E-state index contributed by atoms with van der Waals surface area (Å²) in [6, 6.07) is 9.76. The van der Waals surface area contributed by atoms with Crippen LogP contribution in [-0.4, -0.2) is 32.7 Å². The second kappa shape index (κ2) is 7.84. The van der Waals surface area contributed by atoms with Gasteiger partial charge in [0.25, 0.3) is 0 Å². The highest BCUT2D eigenvalue weighted by Crippen LogP contribution is 2.08. The molecule has 1 aromatic rings. The number of aliphatic imine (C=N–C) groups is 1. The molecule has 110 valence electrons. The average Bonchev–Trinajstić information content (AvgIpc) is 2.36. The predicted molar refractivity (Wildman–Crippen MR) is 87.0 cm³/mol. The van der Waals surface area contributed by atoms with Gasteiger partial charge in [0.15, 0.2) is 0 Å². The molecule has 0 unspecified atom stereocenters. The average molecular weight is 292 g/mol. The highest BCUT2D eigenvalue weighted by molar-refractivity contribution is 6.76. The molecule has 1 rings (SSSR count). The molecule has 5 heteroatoms. The minimum absolute atomic E-state index is 0.188. The van der Waals surface area contributed by atoms with Gasteiger partial charge in [-0.1, -0.05) is 37.8 Å². The van der Waals surface area contributed by atoms with Crippen LogP contribution in [0.3, 0.4) is 0 Å². The Hall–Kier alpha value is -1.62. The van der Waals surface area contributed by atoms with Crippen molar-refractivity contribution in [2.45, 2.75) is 33.0 Å². The minimum Gasteiger partial charge on any atom is -0.466 e. The fraction of sp³-hybridized carbons (Fsp3) is 0.467. The number of rotatable bonds is 6. The van der Waals surface area contributed by atoms with Crippen LogP contribution in [0.15, 0.2) is 35.3 Å². The first-order valence-electron chi connectivity index (χ1n) is 6.92. The summed E-state index contributed by atoms with van der Waals surface area (Å²) >= 11 is 0. The lowest BCUT2D eigenvalue weighted by Crippen LogP contribution is -2.28. The summed E-state index contributed by atoms with van der Waals surface area (Å²) < 4.78 is 4.99. The summed E-state index contributed by atoms with van der Waals surface area (Å²) in [4.78, 5) is 16.2. The standard InChI is InChI=1S/C15H24N2O2Si/c1-5-19-15(18)11-14(16-12-20(2,3)4)17-13-9-7-6-8-10-13/h6-10H,5,11-12H2,1-4H3,(H,16,17). The topological polar surface area (TPSA) is 50.7 Å². The van der Waals surface area contributed by atoms with Gasteiger partial charge in [-0.05, 0) is 19.1 Å². The Morgan fingerprint density at radius 3 is 2.45 bits per heavy atom. The number of anilines is 1. The van der Waals surface area contributed by atoms with Crippen molar-refractivity contribution >= 4 is 25.6 Å². The summed E-state index contributed by atoms with van der Waals surface area (Å²) in [7, 11) is -1.29. The summed E-state index contributed by atoms with van der Waals surface area (Å²) in [5.41, 5.74) is 0.936. The third kappa shape index (κ3) is 7.09. The molecule has 0 aliphatic carbocycles. The highest BCUT2D eigenvalue weighted by atomic mass is 28.3. The Kier molecular flexibility index (Phi) is 6.44. The van der Waals surface area contributed by atoms with E-state index in [-0.39, 0.29) is 12.4 Å². The molecule has 0 spiro atoms. The fourth-order valence-corrected chi connectivity index (χ4v) is 2.17. The molecular formula is C15H24N2O2Si. The number of carbonyl (C=O) groups excluding carboxylic acids is 1. The second-order valence-corrected chi connectivity index (χ2v) is 11.2. The third-order valence-corrected chi connectivity index (χ3v) is 3.53. The van der Waals surface area contributed by atoms with Crippen molar-refractivity contribution in [1.82, 2.24) is 0 Å². The summed E-state index contributed by atoms with van der Waals surface area (Å²) in [6.45, 7) is 8.95. The normalized spacial score (nSPS) is 12.1. The SMILES string of the molecule is CCOC(=O)C/C(=N/C[Si](C)(C)C)Nc1ccccc1. The van der Waals surface area contributed by atoms with Gasteiger partial charge in [-0.15, -0.1) is 0 Å². The predicted octanol–water partition coefficient (Wildman–Crippen LogP) is 3.33. The van der Waals surface area contributed by atoms with Crippen LogP contribution in [0, 0.1) is 0 Å². The van der Waals surface area contributed by atoms with Crippen molar-refractivity contribution in [3.05, 3.63) is 30.3 Å². The van der Waals surface area contributed by atoms with Crippen LogP contribution in [0.2, 0.25) is 19.6 Å². The number of nitrogens with one attached hydrogen (secondary N) is 1. The number of para-hydroxylation sites is 1. The molecule has 0 saturated carbocycles. The second-order valence-electron chi connectivity index (χ2n) is 5.80. The van der Waals surface area contributed by atoms with Gasteiger partial charge in [-0.25, -0.2) is 0 Å². The van der Waals surface area contributed by atoms with Crippen molar-refractivity contribution < 1.29 is 9.53 Å². The number of esters is 1. The Bertz CT molecular complexity index is 453. The van der Waals surface area contributed by atoms with E-state index in [0.29, 0.717) is 12.4 Å². The molecule has 0 fully saturated rings. The molecular weight excluding hydrogens is 268 g/mol. The van der Waals surface area contributed by atoms with E-state index in [9.17, 15) is 4.79 Å². The molecule has 1 N–H and O–H groups in total. The van der Waals surface area contributed by atoms with Gasteiger partial charge >= 0.3 is 5.97 Å². The van der Waals surface area contributed by atoms with Crippen LogP contribution >= 0.6 is 0 Å². The smallest absolute Gasteiger partial charge is 0.313 e. The molecule has 0 amide bonds. The molecule has 0 heterocycles. The summed E-state index contributed by atoms with van der Waals surface area (Å²) in [5.74, 6) is 0.433. The van der Waals surface area contributed by atoms with Gasteiger partial charge < -0.3 is 10.1 Å². The van der Waals surface area contributed by atoms with E-state index in [1.807, 2.05) is 30.3 Å². The number of nitrogens with zero attached hydrogens (tertiary/aromatic N) is 1. The Balaban J connectivity index is 2.76. The van der Waals surface area contributed by atoms with Crippen LogP contribution in [0.25, 0.3) is 0 Å². The molecule has 0 aliphatic heterocycles. The zero-order valence-electron chi connectivity index (χ0n) is 12.8. The number of amidine groups is 1. The van der Waals surface area contributed by atoms with Gasteiger partial charge in [0.2, 0.25) is 0 Å². The zero-order chi connectivity index (χ0) is 15.0. The molecule has 20 heavy (non-hydrogen) atoms. The van der Waals surface area contributed by atoms with Crippen molar-refractivity contribution in [3.63, 3.8) is 0 Å². The minimum atomic E-state index is -1.29. The summed E-state index contributed by atoms with van der Waals surface area (Å²) in [6.07, 6.45) is 0.981. The van der Waals surface area contributed by atoms with E-state index < -0.39 is 8.07 Å². The van der Waals surface area contributed by atoms with Gasteiger partial charge in [-0.2, -0.15) is 0 Å². The first kappa shape index (κ1) is 16.4. The number of benzene rings is 1. The Labute approximate surface area is 122 Å². The number of hydrogen-bond acceptors (Lipinski definition) is 3. The van der Waals surface area contributed by atoms with E-state index in [1.165, 1.54) is 0 Å². The number of ether oxygens (including phenoxy) is 1. The molecule has 0 aliphatic rings. The zero-order valence-corrected chi connectivity index (χ0v) is 13.8. The van der Waals surface area contributed by atoms with Crippen LogP contribution in [0.4, 0.5) is 5.69 Å². The van der Waals surface area contributed by atoms with Crippen LogP contribution in [0.1, 0.15) is 13.3 Å². The molecule has 0 atom stereocenters. The van der Waals surface area contributed by atoms with E-state index in [1.54, 1.807) is 6.92 Å². The van der Waals surface area contributed by atoms with E-state index in [0.717, 1.165) is 11.9 Å². The largest absolute Gasteiger partial charge is 0.466 e. The van der Waals surface area contributed by atoms with Crippen molar-refractivity contribution in [2.24, 2.45) is 4.99 Å². The van der Waals surface area contributed by atoms with Gasteiger partial charge in [0.05, 0.1) is 14.7 Å². The lowest BCUT2D eigenvalue weighted by molar-refractivity contribution is -0.141. The molecule has 0 bridgehead atoms. The third-order valence-electron chi connectivity index (χ3n) is 2.42. The van der Waals surface area contributed by atoms with Crippen molar-refractivity contribution in [1.29, 1.82) is 0 Å². The lowest BCUT2D eigenvalue weighted by Gasteiger charge is -2.15. The van der Waals surface area contributed by atoms with Crippen LogP contribution in [-0.2, 0) is 9.53 Å². The highest BCUT2D eigenvalue weighted by Gasteiger charge is 2.14.